The Bertz CT molecular complexity index is 154. The number of nitrogens with zero attached hydrogens (tertiary/aromatic N) is 2. The van der Waals surface area contributed by atoms with E-state index < -0.39 is 0 Å². The number of rotatable bonds is 11. The zero-order valence-electron chi connectivity index (χ0n) is 12.6. The van der Waals surface area contributed by atoms with Gasteiger partial charge in [-0.3, -0.25) is 0 Å². The van der Waals surface area contributed by atoms with E-state index in [1.54, 1.807) is 0 Å². The molecule has 0 saturated carbocycles. The zero-order chi connectivity index (χ0) is 13.1. The first-order chi connectivity index (χ1) is 8.21. The van der Waals surface area contributed by atoms with Gasteiger partial charge in [0.15, 0.2) is 0 Å². The quantitative estimate of drug-likeness (QED) is 0.599. The molecule has 0 heterocycles. The average Bonchev–Trinajstić information content (AvgIpc) is 2.38. The summed E-state index contributed by atoms with van der Waals surface area (Å²) in [6.45, 7) is 16.2. The molecule has 0 amide bonds. The molecule has 0 aliphatic rings. The minimum Gasteiger partial charge on any atom is -0.316 e. The highest BCUT2D eigenvalue weighted by Crippen LogP contribution is 1.99. The molecule has 0 bridgehead atoms. The van der Waals surface area contributed by atoms with Crippen molar-refractivity contribution < 1.29 is 0 Å². The Balaban J connectivity index is 3.81. The smallest absolute Gasteiger partial charge is 0.0189 e. The molecule has 3 nitrogen and oxygen atoms in total. The van der Waals surface area contributed by atoms with E-state index in [4.69, 9.17) is 0 Å². The molecule has 104 valence electrons. The van der Waals surface area contributed by atoms with Gasteiger partial charge in [0, 0.05) is 12.6 Å². The van der Waals surface area contributed by atoms with Gasteiger partial charge in [0.25, 0.3) is 0 Å². The zero-order valence-corrected chi connectivity index (χ0v) is 12.6. The number of hydrogen-bond donors (Lipinski definition) is 1. The van der Waals surface area contributed by atoms with Crippen molar-refractivity contribution in [3.05, 3.63) is 0 Å². The van der Waals surface area contributed by atoms with E-state index in [-0.39, 0.29) is 0 Å². The minimum absolute atomic E-state index is 0.642. The van der Waals surface area contributed by atoms with Crippen LogP contribution in [-0.2, 0) is 0 Å². The van der Waals surface area contributed by atoms with Crippen LogP contribution in [0, 0.1) is 0 Å². The van der Waals surface area contributed by atoms with Gasteiger partial charge in [0.05, 0.1) is 0 Å². The molecular weight excluding hydrogens is 210 g/mol. The van der Waals surface area contributed by atoms with Crippen LogP contribution in [-0.4, -0.2) is 62.2 Å². The molecule has 0 aromatic heterocycles. The molecule has 0 saturated heterocycles. The summed E-state index contributed by atoms with van der Waals surface area (Å²) in [5.41, 5.74) is 0. The van der Waals surface area contributed by atoms with Gasteiger partial charge >= 0.3 is 0 Å². The van der Waals surface area contributed by atoms with E-state index >= 15 is 0 Å². The van der Waals surface area contributed by atoms with Crippen LogP contribution >= 0.6 is 0 Å². The lowest BCUT2D eigenvalue weighted by molar-refractivity contribution is 0.226. The van der Waals surface area contributed by atoms with E-state index in [0.717, 1.165) is 6.54 Å². The molecule has 0 aromatic rings. The summed E-state index contributed by atoms with van der Waals surface area (Å²) in [6, 6.07) is 0.642. The molecule has 0 radical (unpaired) electrons. The molecule has 0 aliphatic heterocycles. The summed E-state index contributed by atoms with van der Waals surface area (Å²) >= 11 is 0. The van der Waals surface area contributed by atoms with E-state index in [1.807, 2.05) is 0 Å². The second kappa shape index (κ2) is 11.0. The molecule has 1 unspecified atom stereocenters. The summed E-state index contributed by atoms with van der Waals surface area (Å²) < 4.78 is 0. The van der Waals surface area contributed by atoms with E-state index in [9.17, 15) is 0 Å². The lowest BCUT2D eigenvalue weighted by Crippen LogP contribution is -2.40. The van der Waals surface area contributed by atoms with Gasteiger partial charge in [-0.25, -0.2) is 0 Å². The van der Waals surface area contributed by atoms with Crippen LogP contribution in [0.4, 0.5) is 0 Å². The predicted octanol–water partition coefficient (Wildman–Crippen LogP) is 2.04. The normalized spacial score (nSPS) is 13.6. The average molecular weight is 243 g/mol. The van der Waals surface area contributed by atoms with E-state index in [1.165, 1.54) is 45.6 Å². The molecular formula is C14H33N3. The van der Waals surface area contributed by atoms with Gasteiger partial charge in [0.1, 0.15) is 0 Å². The van der Waals surface area contributed by atoms with Crippen LogP contribution in [0.25, 0.3) is 0 Å². The maximum absolute atomic E-state index is 3.39. The van der Waals surface area contributed by atoms with Crippen molar-refractivity contribution in [1.29, 1.82) is 0 Å². The molecule has 1 N–H and O–H groups in total. The molecule has 0 spiro atoms. The Hall–Kier alpha value is -0.120. The third kappa shape index (κ3) is 7.74. The van der Waals surface area contributed by atoms with Crippen molar-refractivity contribution in [2.75, 3.05) is 46.3 Å². The highest BCUT2D eigenvalue weighted by Gasteiger charge is 2.09. The van der Waals surface area contributed by atoms with Crippen LogP contribution in [0.5, 0.6) is 0 Å². The highest BCUT2D eigenvalue weighted by molar-refractivity contribution is 4.69. The number of hydrogen-bond acceptors (Lipinski definition) is 3. The van der Waals surface area contributed by atoms with Crippen LogP contribution in [0.1, 0.15) is 40.5 Å². The van der Waals surface area contributed by atoms with Crippen molar-refractivity contribution >= 4 is 0 Å². The Morgan fingerprint density at radius 2 is 1.41 bits per heavy atom. The Morgan fingerprint density at radius 1 is 0.882 bits per heavy atom. The fraction of sp³-hybridized carbons (Fsp3) is 1.00. The third-order valence-corrected chi connectivity index (χ3v) is 3.67. The molecule has 0 fully saturated rings. The first-order valence-electron chi connectivity index (χ1n) is 7.33. The van der Waals surface area contributed by atoms with Gasteiger partial charge in [-0.15, -0.1) is 0 Å². The van der Waals surface area contributed by atoms with E-state index in [0.29, 0.717) is 6.04 Å². The van der Waals surface area contributed by atoms with E-state index in [2.05, 4.69) is 49.9 Å². The Labute approximate surface area is 109 Å². The first kappa shape index (κ1) is 16.9. The van der Waals surface area contributed by atoms with Crippen molar-refractivity contribution in [3.8, 4) is 0 Å². The van der Waals surface area contributed by atoms with Crippen LogP contribution in [0.3, 0.4) is 0 Å². The standard InChI is InChI=1S/C14H33N3/c1-6-14(15-5)13-17(9-4)12-10-11-16(7-2)8-3/h14-15H,6-13H2,1-5H3. The van der Waals surface area contributed by atoms with Gasteiger partial charge in [-0.05, 0) is 52.6 Å². The monoisotopic (exact) mass is 243 g/mol. The van der Waals surface area contributed by atoms with Crippen molar-refractivity contribution in [2.45, 2.75) is 46.6 Å². The van der Waals surface area contributed by atoms with Crippen molar-refractivity contribution in [2.24, 2.45) is 0 Å². The Kier molecular flexibility index (Phi) is 10.9. The summed E-state index contributed by atoms with van der Waals surface area (Å²) in [6.07, 6.45) is 2.50. The Morgan fingerprint density at radius 3 is 1.82 bits per heavy atom. The highest BCUT2D eigenvalue weighted by atomic mass is 15.2. The molecule has 17 heavy (non-hydrogen) atoms. The second-order valence-corrected chi connectivity index (χ2v) is 4.67. The van der Waals surface area contributed by atoms with Crippen LogP contribution in [0.15, 0.2) is 0 Å². The molecule has 3 heteroatoms. The van der Waals surface area contributed by atoms with Gasteiger partial charge in [-0.2, -0.15) is 0 Å². The summed E-state index contributed by atoms with van der Waals surface area (Å²) in [5, 5.41) is 3.39. The number of likely N-dealkylation sites (N-methyl/N-ethyl adjacent to an activating group) is 2. The van der Waals surface area contributed by atoms with Crippen LogP contribution in [0.2, 0.25) is 0 Å². The first-order valence-corrected chi connectivity index (χ1v) is 7.33. The molecule has 0 rings (SSSR count). The second-order valence-electron chi connectivity index (χ2n) is 4.67. The maximum atomic E-state index is 3.39. The predicted molar refractivity (Wildman–Crippen MR) is 77.7 cm³/mol. The van der Waals surface area contributed by atoms with Gasteiger partial charge < -0.3 is 15.1 Å². The lowest BCUT2D eigenvalue weighted by Gasteiger charge is -2.26. The van der Waals surface area contributed by atoms with Gasteiger partial charge in [-0.1, -0.05) is 27.7 Å². The van der Waals surface area contributed by atoms with Gasteiger partial charge in [0.2, 0.25) is 0 Å². The molecule has 0 aliphatic carbocycles. The van der Waals surface area contributed by atoms with Crippen molar-refractivity contribution in [3.63, 3.8) is 0 Å². The minimum atomic E-state index is 0.642. The largest absolute Gasteiger partial charge is 0.316 e. The maximum Gasteiger partial charge on any atom is 0.0189 e. The lowest BCUT2D eigenvalue weighted by atomic mass is 10.2. The SMILES string of the molecule is CCC(CN(CC)CCCN(CC)CC)NC. The van der Waals surface area contributed by atoms with Crippen molar-refractivity contribution in [1.82, 2.24) is 15.1 Å². The van der Waals surface area contributed by atoms with Crippen LogP contribution < -0.4 is 5.32 Å². The molecule has 1 atom stereocenters. The summed E-state index contributed by atoms with van der Waals surface area (Å²) in [7, 11) is 2.07. The fourth-order valence-corrected chi connectivity index (χ4v) is 2.17. The number of nitrogens with one attached hydrogen (secondary N) is 1. The fourth-order valence-electron chi connectivity index (χ4n) is 2.17. The topological polar surface area (TPSA) is 18.5 Å². The summed E-state index contributed by atoms with van der Waals surface area (Å²) in [4.78, 5) is 5.07. The molecule has 0 aromatic carbocycles. The third-order valence-electron chi connectivity index (χ3n) is 3.67. The summed E-state index contributed by atoms with van der Waals surface area (Å²) in [5.74, 6) is 0.